The van der Waals surface area contributed by atoms with Gasteiger partial charge in [-0.05, 0) is 23.8 Å². The predicted molar refractivity (Wildman–Crippen MR) is 103 cm³/mol. The van der Waals surface area contributed by atoms with Gasteiger partial charge in [-0.1, -0.05) is 59.9 Å². The zero-order chi connectivity index (χ0) is 17.3. The van der Waals surface area contributed by atoms with E-state index in [4.69, 9.17) is 0 Å². The molecule has 0 N–H and O–H groups in total. The Kier molecular flexibility index (Phi) is 3.57. The van der Waals surface area contributed by atoms with Crippen LogP contribution >= 0.6 is 11.3 Å². The lowest BCUT2D eigenvalue weighted by atomic mass is 10.2. The van der Waals surface area contributed by atoms with Gasteiger partial charge in [0.1, 0.15) is 5.01 Å². The molecular formula is C19H14N6S. The van der Waals surface area contributed by atoms with Gasteiger partial charge in [-0.2, -0.15) is 9.61 Å². The second kappa shape index (κ2) is 6.20. The van der Waals surface area contributed by atoms with E-state index in [0.717, 1.165) is 32.4 Å². The number of hydrogen-bond acceptors (Lipinski definition) is 5. The molecule has 0 fully saturated rings. The summed E-state index contributed by atoms with van der Waals surface area (Å²) in [5.41, 5.74) is 3.19. The average Bonchev–Trinajstić information content (AvgIpc) is 3.37. The molecule has 0 bridgehead atoms. The van der Waals surface area contributed by atoms with Crippen molar-refractivity contribution in [2.24, 2.45) is 0 Å². The number of hydrogen-bond donors (Lipinski definition) is 0. The van der Waals surface area contributed by atoms with E-state index in [1.54, 1.807) is 0 Å². The van der Waals surface area contributed by atoms with Gasteiger partial charge >= 0.3 is 0 Å². The maximum absolute atomic E-state index is 4.64. The number of benzene rings is 2. The lowest BCUT2D eigenvalue weighted by Crippen LogP contribution is -2.04. The van der Waals surface area contributed by atoms with Crippen LogP contribution in [-0.2, 0) is 6.54 Å². The first-order chi connectivity index (χ1) is 12.9. The Morgan fingerprint density at radius 1 is 0.923 bits per heavy atom. The Morgan fingerprint density at radius 2 is 1.77 bits per heavy atom. The normalized spacial score (nSPS) is 11.8. The Balaban J connectivity index is 1.46. The van der Waals surface area contributed by atoms with Gasteiger partial charge in [0, 0.05) is 0 Å². The minimum atomic E-state index is 0.577. The maximum atomic E-state index is 4.64. The Hall–Kier alpha value is -3.32. The molecule has 0 saturated carbocycles. The molecule has 0 aliphatic rings. The van der Waals surface area contributed by atoms with E-state index in [1.807, 2.05) is 53.3 Å². The fourth-order valence-electron chi connectivity index (χ4n) is 2.86. The number of para-hydroxylation sites is 2. The molecule has 0 atom stereocenters. The topological polar surface area (TPSA) is 60.9 Å². The monoisotopic (exact) mass is 358 g/mol. The fraction of sp³-hybridized carbons (Fsp3) is 0.0526. The largest absolute Gasteiger partial charge is 0.323 e. The summed E-state index contributed by atoms with van der Waals surface area (Å²) in [4.78, 5) is 5.21. The molecule has 26 heavy (non-hydrogen) atoms. The van der Waals surface area contributed by atoms with Crippen molar-refractivity contribution in [3.05, 3.63) is 77.3 Å². The predicted octanol–water partition coefficient (Wildman–Crippen LogP) is 3.75. The third-order valence-electron chi connectivity index (χ3n) is 4.13. The van der Waals surface area contributed by atoms with Crippen molar-refractivity contribution >= 4 is 39.5 Å². The molecule has 2 aromatic carbocycles. The molecule has 0 aliphatic carbocycles. The van der Waals surface area contributed by atoms with Crippen LogP contribution in [0.3, 0.4) is 0 Å². The number of rotatable bonds is 4. The highest BCUT2D eigenvalue weighted by Gasteiger charge is 2.12. The Morgan fingerprint density at radius 3 is 2.69 bits per heavy atom. The van der Waals surface area contributed by atoms with E-state index in [0.29, 0.717) is 6.54 Å². The summed E-state index contributed by atoms with van der Waals surface area (Å²) in [6, 6.07) is 18.2. The molecule has 0 radical (unpaired) electrons. The van der Waals surface area contributed by atoms with Crippen LogP contribution in [0.25, 0.3) is 28.1 Å². The van der Waals surface area contributed by atoms with Crippen LogP contribution in [0, 0.1) is 0 Å². The van der Waals surface area contributed by atoms with Gasteiger partial charge in [0.15, 0.2) is 5.82 Å². The fourth-order valence-corrected chi connectivity index (χ4v) is 3.62. The summed E-state index contributed by atoms with van der Waals surface area (Å²) in [6.07, 6.45) is 5.88. The van der Waals surface area contributed by atoms with Gasteiger partial charge < -0.3 is 4.57 Å². The van der Waals surface area contributed by atoms with Crippen LogP contribution in [0.5, 0.6) is 0 Å². The molecule has 0 spiro atoms. The first-order valence-electron chi connectivity index (χ1n) is 8.21. The summed E-state index contributed by atoms with van der Waals surface area (Å²) in [5.74, 6) is 0.791. The van der Waals surface area contributed by atoms with Crippen LogP contribution in [0.1, 0.15) is 16.4 Å². The lowest BCUT2D eigenvalue weighted by Gasteiger charge is -2.00. The average molecular weight is 358 g/mol. The van der Waals surface area contributed by atoms with Crippen molar-refractivity contribution in [3.8, 4) is 0 Å². The molecular weight excluding hydrogens is 344 g/mol. The first-order valence-corrected chi connectivity index (χ1v) is 9.02. The second-order valence-corrected chi connectivity index (χ2v) is 6.84. The van der Waals surface area contributed by atoms with Gasteiger partial charge in [0.2, 0.25) is 4.96 Å². The summed E-state index contributed by atoms with van der Waals surface area (Å²) in [5, 5.41) is 14.1. The minimum absolute atomic E-state index is 0.577. The molecule has 0 aliphatic heterocycles. The lowest BCUT2D eigenvalue weighted by molar-refractivity contribution is 0.725. The van der Waals surface area contributed by atoms with Crippen molar-refractivity contribution in [2.75, 3.05) is 0 Å². The molecule has 126 valence electrons. The van der Waals surface area contributed by atoms with E-state index in [1.165, 1.54) is 11.3 Å². The van der Waals surface area contributed by atoms with Crippen LogP contribution < -0.4 is 0 Å². The number of fused-ring (bicyclic) bond motifs is 2. The maximum Gasteiger partial charge on any atom is 0.235 e. The molecule has 5 aromatic rings. The quantitative estimate of drug-likeness (QED) is 0.491. The van der Waals surface area contributed by atoms with E-state index in [-0.39, 0.29) is 0 Å². The molecule has 5 rings (SSSR count). The van der Waals surface area contributed by atoms with Gasteiger partial charge in [-0.25, -0.2) is 4.98 Å². The van der Waals surface area contributed by atoms with Gasteiger partial charge in [-0.15, -0.1) is 10.2 Å². The number of imidazole rings is 1. The minimum Gasteiger partial charge on any atom is -0.323 e. The smallest absolute Gasteiger partial charge is 0.235 e. The molecule has 3 aromatic heterocycles. The number of nitrogens with zero attached hydrogens (tertiary/aromatic N) is 6. The zero-order valence-electron chi connectivity index (χ0n) is 13.7. The highest BCUT2D eigenvalue weighted by atomic mass is 32.1. The number of aromatic nitrogens is 6. The van der Waals surface area contributed by atoms with E-state index in [2.05, 4.69) is 49.1 Å². The Bertz CT molecular complexity index is 1210. The van der Waals surface area contributed by atoms with Gasteiger partial charge in [0.05, 0.1) is 23.9 Å². The van der Waals surface area contributed by atoms with Crippen molar-refractivity contribution < 1.29 is 0 Å². The highest BCUT2D eigenvalue weighted by Crippen LogP contribution is 2.18. The first kappa shape index (κ1) is 15.0. The van der Waals surface area contributed by atoms with Crippen LogP contribution in [0.4, 0.5) is 0 Å². The second-order valence-electron chi connectivity index (χ2n) is 5.86. The Labute approximate surface area is 153 Å². The standard InChI is InChI=1S/C19H14N6S/c1-2-6-14(7-3-1)10-11-18-23-25-17(21-22-19(25)26-18)12-24-13-20-15-8-4-5-9-16(15)24/h1-11,13H,12H2/b11-10-. The van der Waals surface area contributed by atoms with Gasteiger partial charge in [0.25, 0.3) is 0 Å². The third-order valence-corrected chi connectivity index (χ3v) is 4.99. The van der Waals surface area contributed by atoms with E-state index >= 15 is 0 Å². The summed E-state index contributed by atoms with van der Waals surface area (Å²) in [7, 11) is 0. The van der Waals surface area contributed by atoms with Crippen molar-refractivity contribution in [1.29, 1.82) is 0 Å². The molecule has 0 amide bonds. The SMILES string of the molecule is C(=C/c1nn2c(Cn3cnc4ccccc43)nnc2s1)/c1ccccc1. The van der Waals surface area contributed by atoms with Gasteiger partial charge in [-0.3, -0.25) is 0 Å². The molecule has 6 nitrogen and oxygen atoms in total. The highest BCUT2D eigenvalue weighted by molar-refractivity contribution is 7.17. The molecule has 0 saturated heterocycles. The zero-order valence-corrected chi connectivity index (χ0v) is 14.5. The molecule has 0 unspecified atom stereocenters. The van der Waals surface area contributed by atoms with Crippen LogP contribution in [0.2, 0.25) is 0 Å². The summed E-state index contributed by atoms with van der Waals surface area (Å²) in [6.45, 7) is 0.577. The van der Waals surface area contributed by atoms with Crippen molar-refractivity contribution in [2.45, 2.75) is 6.54 Å². The summed E-state index contributed by atoms with van der Waals surface area (Å²) < 4.78 is 3.87. The molecule has 3 heterocycles. The molecule has 7 heteroatoms. The van der Waals surface area contributed by atoms with Crippen LogP contribution in [0.15, 0.2) is 60.9 Å². The van der Waals surface area contributed by atoms with Crippen molar-refractivity contribution in [1.82, 2.24) is 29.4 Å². The van der Waals surface area contributed by atoms with E-state index in [9.17, 15) is 0 Å². The third kappa shape index (κ3) is 2.68. The van der Waals surface area contributed by atoms with E-state index < -0.39 is 0 Å². The van der Waals surface area contributed by atoms with Crippen molar-refractivity contribution in [3.63, 3.8) is 0 Å². The summed E-state index contributed by atoms with van der Waals surface area (Å²) >= 11 is 1.52. The van der Waals surface area contributed by atoms with Crippen LogP contribution in [-0.4, -0.2) is 29.4 Å².